The first-order chi connectivity index (χ1) is 15.0. The van der Waals surface area contributed by atoms with Gasteiger partial charge in [0.05, 0.1) is 18.2 Å². The van der Waals surface area contributed by atoms with Crippen molar-refractivity contribution in [1.29, 1.82) is 0 Å². The monoisotopic (exact) mass is 438 g/mol. The van der Waals surface area contributed by atoms with E-state index < -0.39 is 23.5 Å². The van der Waals surface area contributed by atoms with Crippen LogP contribution >= 0.6 is 11.3 Å². The lowest BCUT2D eigenvalue weighted by atomic mass is 9.95. The number of ether oxygens (including phenoxy) is 1. The molecule has 4 rings (SSSR count). The van der Waals surface area contributed by atoms with Crippen LogP contribution in [0.25, 0.3) is 5.76 Å². The third kappa shape index (κ3) is 3.94. The van der Waals surface area contributed by atoms with Gasteiger partial charge in [-0.3, -0.25) is 14.5 Å². The van der Waals surface area contributed by atoms with Crippen molar-refractivity contribution in [2.24, 2.45) is 0 Å². The number of hydrogen-bond acceptors (Lipinski definition) is 6. The molecule has 0 spiro atoms. The predicted octanol–water partition coefficient (Wildman–Crippen LogP) is 4.70. The van der Waals surface area contributed by atoms with E-state index in [0.29, 0.717) is 23.1 Å². The van der Waals surface area contributed by atoms with E-state index in [2.05, 4.69) is 4.98 Å². The Balaban J connectivity index is 1.88. The number of thiazole rings is 1. The summed E-state index contributed by atoms with van der Waals surface area (Å²) in [5.41, 5.74) is 0.744. The second kappa shape index (κ2) is 8.69. The Labute approximate surface area is 182 Å². The van der Waals surface area contributed by atoms with Gasteiger partial charge in [-0.05, 0) is 48.4 Å². The molecule has 158 valence electrons. The number of hydrogen-bond donors (Lipinski definition) is 1. The normalized spacial score (nSPS) is 17.9. The smallest absolute Gasteiger partial charge is 0.301 e. The van der Waals surface area contributed by atoms with Crippen LogP contribution in [0.3, 0.4) is 0 Å². The SMILES string of the molecule is CCCOc1cccc(C2C(=C(O)c3ccc(F)cc3)C(=O)C(=O)N2c2nccs2)c1. The first kappa shape index (κ1) is 20.7. The van der Waals surface area contributed by atoms with Gasteiger partial charge in [0.15, 0.2) is 5.13 Å². The summed E-state index contributed by atoms with van der Waals surface area (Å²) in [6, 6.07) is 11.2. The Morgan fingerprint density at radius 2 is 2.00 bits per heavy atom. The Morgan fingerprint density at radius 3 is 2.68 bits per heavy atom. The summed E-state index contributed by atoms with van der Waals surface area (Å²) in [5.74, 6) is -1.88. The molecule has 2 aromatic carbocycles. The minimum Gasteiger partial charge on any atom is -0.507 e. The maximum Gasteiger partial charge on any atom is 0.301 e. The number of aliphatic hydroxyl groups is 1. The zero-order valence-electron chi connectivity index (χ0n) is 16.6. The Hall–Kier alpha value is -3.52. The van der Waals surface area contributed by atoms with E-state index in [1.165, 1.54) is 46.7 Å². The molecule has 1 aromatic heterocycles. The van der Waals surface area contributed by atoms with Crippen molar-refractivity contribution in [1.82, 2.24) is 4.98 Å². The second-order valence-electron chi connectivity index (χ2n) is 6.91. The van der Waals surface area contributed by atoms with E-state index in [0.717, 1.165) is 6.42 Å². The van der Waals surface area contributed by atoms with Gasteiger partial charge < -0.3 is 9.84 Å². The van der Waals surface area contributed by atoms with Crippen LogP contribution < -0.4 is 9.64 Å². The van der Waals surface area contributed by atoms with Gasteiger partial charge in [0.25, 0.3) is 5.78 Å². The maximum absolute atomic E-state index is 13.4. The van der Waals surface area contributed by atoms with Crippen molar-refractivity contribution in [3.8, 4) is 5.75 Å². The molecule has 1 aliphatic heterocycles. The van der Waals surface area contributed by atoms with Crippen LogP contribution in [0.5, 0.6) is 5.75 Å². The molecule has 1 saturated heterocycles. The van der Waals surface area contributed by atoms with Gasteiger partial charge in [0.2, 0.25) is 0 Å². The number of carbonyl (C=O) groups excluding carboxylic acids is 2. The number of nitrogens with zero attached hydrogens (tertiary/aromatic N) is 2. The molecule has 0 radical (unpaired) electrons. The summed E-state index contributed by atoms with van der Waals surface area (Å²) < 4.78 is 19.1. The second-order valence-corrected chi connectivity index (χ2v) is 7.78. The number of carbonyl (C=O) groups is 2. The van der Waals surface area contributed by atoms with Crippen molar-refractivity contribution in [2.45, 2.75) is 19.4 Å². The van der Waals surface area contributed by atoms with Crippen molar-refractivity contribution in [3.05, 3.63) is 82.6 Å². The van der Waals surface area contributed by atoms with Gasteiger partial charge in [-0.25, -0.2) is 9.37 Å². The van der Waals surface area contributed by atoms with Crippen LogP contribution in [0, 0.1) is 5.82 Å². The molecule has 31 heavy (non-hydrogen) atoms. The molecule has 1 unspecified atom stereocenters. The van der Waals surface area contributed by atoms with Gasteiger partial charge in [-0.2, -0.15) is 0 Å². The molecule has 1 atom stereocenters. The molecule has 0 saturated carbocycles. The van der Waals surface area contributed by atoms with Gasteiger partial charge >= 0.3 is 5.91 Å². The number of Topliss-reactive ketones (excluding diaryl/α,β-unsaturated/α-hetero) is 1. The first-order valence-electron chi connectivity index (χ1n) is 9.70. The van der Waals surface area contributed by atoms with Gasteiger partial charge in [-0.15, -0.1) is 11.3 Å². The molecule has 1 aliphatic rings. The highest BCUT2D eigenvalue weighted by Gasteiger charge is 2.48. The zero-order chi connectivity index (χ0) is 22.0. The fourth-order valence-electron chi connectivity index (χ4n) is 3.44. The molecular weight excluding hydrogens is 419 g/mol. The summed E-state index contributed by atoms with van der Waals surface area (Å²) >= 11 is 1.21. The summed E-state index contributed by atoms with van der Waals surface area (Å²) in [7, 11) is 0. The molecule has 1 fully saturated rings. The maximum atomic E-state index is 13.4. The summed E-state index contributed by atoms with van der Waals surface area (Å²) in [6.45, 7) is 2.51. The lowest BCUT2D eigenvalue weighted by Gasteiger charge is -2.23. The van der Waals surface area contributed by atoms with Crippen LogP contribution in [0.2, 0.25) is 0 Å². The van der Waals surface area contributed by atoms with E-state index in [1.54, 1.807) is 29.6 Å². The third-order valence-electron chi connectivity index (χ3n) is 4.83. The minimum atomic E-state index is -0.902. The molecule has 1 amide bonds. The van der Waals surface area contributed by atoms with Crippen LogP contribution in [-0.2, 0) is 9.59 Å². The summed E-state index contributed by atoms with van der Waals surface area (Å²) in [6.07, 6.45) is 2.36. The van der Waals surface area contributed by atoms with Crippen molar-refractivity contribution in [3.63, 3.8) is 0 Å². The van der Waals surface area contributed by atoms with E-state index >= 15 is 0 Å². The first-order valence-corrected chi connectivity index (χ1v) is 10.6. The van der Waals surface area contributed by atoms with Gasteiger partial charge in [-0.1, -0.05) is 19.1 Å². The van der Waals surface area contributed by atoms with Crippen molar-refractivity contribution < 1.29 is 23.8 Å². The average Bonchev–Trinajstić information content (AvgIpc) is 3.39. The third-order valence-corrected chi connectivity index (χ3v) is 5.60. The highest BCUT2D eigenvalue weighted by Crippen LogP contribution is 2.43. The van der Waals surface area contributed by atoms with E-state index in [-0.39, 0.29) is 16.9 Å². The summed E-state index contributed by atoms with van der Waals surface area (Å²) in [4.78, 5) is 31.4. The number of benzene rings is 2. The molecule has 1 N–H and O–H groups in total. The Bertz CT molecular complexity index is 1140. The molecule has 0 aliphatic carbocycles. The van der Waals surface area contributed by atoms with Gasteiger partial charge in [0, 0.05) is 17.1 Å². The van der Waals surface area contributed by atoms with Crippen LogP contribution in [-0.4, -0.2) is 28.4 Å². The standard InChI is InChI=1S/C23H19FN2O4S/c1-2-11-30-17-5-3-4-15(13-17)19-18(20(27)14-6-8-16(24)9-7-14)21(28)22(29)26(19)23-25-10-12-31-23/h3-10,12-13,19,27H,2,11H2,1H3. The highest BCUT2D eigenvalue weighted by molar-refractivity contribution is 7.14. The number of anilines is 1. The number of aliphatic hydroxyl groups excluding tert-OH is 1. The fourth-order valence-corrected chi connectivity index (χ4v) is 4.10. The molecular formula is C23H19FN2O4S. The Kier molecular flexibility index (Phi) is 5.81. The fraction of sp³-hybridized carbons (Fsp3) is 0.174. The predicted molar refractivity (Wildman–Crippen MR) is 116 cm³/mol. The highest BCUT2D eigenvalue weighted by atomic mass is 32.1. The van der Waals surface area contributed by atoms with E-state index in [9.17, 15) is 19.1 Å². The molecule has 3 aromatic rings. The quantitative estimate of drug-likeness (QED) is 0.343. The number of aromatic nitrogens is 1. The van der Waals surface area contributed by atoms with Crippen LogP contribution in [0.4, 0.5) is 9.52 Å². The molecule has 2 heterocycles. The number of ketones is 1. The summed E-state index contributed by atoms with van der Waals surface area (Å²) in [5, 5.41) is 13.0. The number of rotatable bonds is 6. The zero-order valence-corrected chi connectivity index (χ0v) is 17.4. The average molecular weight is 438 g/mol. The lowest BCUT2D eigenvalue weighted by Crippen LogP contribution is -2.29. The Morgan fingerprint density at radius 1 is 1.23 bits per heavy atom. The molecule has 0 bridgehead atoms. The van der Waals surface area contributed by atoms with Crippen LogP contribution in [0.15, 0.2) is 65.7 Å². The molecule has 8 heteroatoms. The van der Waals surface area contributed by atoms with Crippen LogP contribution in [0.1, 0.15) is 30.5 Å². The van der Waals surface area contributed by atoms with E-state index in [4.69, 9.17) is 4.74 Å². The minimum absolute atomic E-state index is 0.0838. The van der Waals surface area contributed by atoms with Crippen molar-refractivity contribution in [2.75, 3.05) is 11.5 Å². The van der Waals surface area contributed by atoms with Gasteiger partial charge in [0.1, 0.15) is 17.3 Å². The number of amides is 1. The van der Waals surface area contributed by atoms with E-state index in [1.807, 2.05) is 6.92 Å². The van der Waals surface area contributed by atoms with Crippen molar-refractivity contribution >= 4 is 33.9 Å². The molecule has 6 nitrogen and oxygen atoms in total. The lowest BCUT2D eigenvalue weighted by molar-refractivity contribution is -0.132. The largest absolute Gasteiger partial charge is 0.507 e. The number of halogens is 1. The topological polar surface area (TPSA) is 79.7 Å².